The number of nitrogens with one attached hydrogen (secondary N) is 1. The van der Waals surface area contributed by atoms with E-state index in [9.17, 15) is 9.59 Å². The highest BCUT2D eigenvalue weighted by Gasteiger charge is 2.22. The summed E-state index contributed by atoms with van der Waals surface area (Å²) in [5.41, 5.74) is 8.40. The highest BCUT2D eigenvalue weighted by molar-refractivity contribution is 6.33. The lowest BCUT2D eigenvalue weighted by Crippen LogP contribution is -2.39. The van der Waals surface area contributed by atoms with Crippen molar-refractivity contribution in [2.75, 3.05) is 32.1 Å². The van der Waals surface area contributed by atoms with E-state index in [0.29, 0.717) is 22.0 Å². The van der Waals surface area contributed by atoms with Crippen molar-refractivity contribution in [2.45, 2.75) is 19.3 Å². The van der Waals surface area contributed by atoms with Gasteiger partial charge in [-0.1, -0.05) is 23.7 Å². The molecule has 0 spiro atoms. The van der Waals surface area contributed by atoms with E-state index in [4.69, 9.17) is 22.1 Å². The standard InChI is InChI=1S/C26H29ClN4O3/c1-34-24-17-23(31-11-2-3-12-31)22(27)16-21(24)26(33)29-20-6-4-18(5-7-20)8-13-30-14-9-19(10-15-30)25(28)32/h2-7,11-12,16-17,19H,8-10,13-15H2,1H3,(H2,28,32)(H,29,33). The molecule has 3 aromatic rings. The number of hydrogen-bond donors (Lipinski definition) is 2. The van der Waals surface area contributed by atoms with E-state index >= 15 is 0 Å². The van der Waals surface area contributed by atoms with Crippen LogP contribution in [0.15, 0.2) is 60.9 Å². The van der Waals surface area contributed by atoms with Gasteiger partial charge in [-0.25, -0.2) is 0 Å². The number of amides is 2. The summed E-state index contributed by atoms with van der Waals surface area (Å²) in [5, 5.41) is 3.38. The topological polar surface area (TPSA) is 89.6 Å². The molecule has 2 amide bonds. The number of halogens is 1. The Balaban J connectivity index is 1.36. The van der Waals surface area contributed by atoms with Crippen molar-refractivity contribution in [3.8, 4) is 11.4 Å². The third-order valence-corrected chi connectivity index (χ3v) is 6.62. The maximum Gasteiger partial charge on any atom is 0.259 e. The summed E-state index contributed by atoms with van der Waals surface area (Å²) < 4.78 is 7.33. The van der Waals surface area contributed by atoms with Crippen LogP contribution in [0.3, 0.4) is 0 Å². The SMILES string of the molecule is COc1cc(-n2cccc2)c(Cl)cc1C(=O)Nc1ccc(CCN2CCC(C(N)=O)CC2)cc1. The smallest absolute Gasteiger partial charge is 0.259 e. The molecule has 7 nitrogen and oxygen atoms in total. The van der Waals surface area contributed by atoms with Crippen LogP contribution in [0, 0.1) is 5.92 Å². The van der Waals surface area contributed by atoms with Gasteiger partial charge in [0.2, 0.25) is 5.91 Å². The third kappa shape index (κ3) is 5.61. The second-order valence-electron chi connectivity index (χ2n) is 8.51. The molecule has 1 saturated heterocycles. The summed E-state index contributed by atoms with van der Waals surface area (Å²) in [6.07, 6.45) is 6.33. The Hall–Kier alpha value is -3.29. The first-order valence-corrected chi connectivity index (χ1v) is 11.7. The fourth-order valence-electron chi connectivity index (χ4n) is 4.26. The summed E-state index contributed by atoms with van der Waals surface area (Å²) in [5.74, 6) is -0.0167. The molecule has 0 radical (unpaired) electrons. The predicted molar refractivity (Wildman–Crippen MR) is 134 cm³/mol. The minimum atomic E-state index is -0.289. The molecule has 1 aliphatic rings. The maximum atomic E-state index is 12.9. The van der Waals surface area contributed by atoms with Gasteiger partial charge in [0.25, 0.3) is 5.91 Å². The zero-order chi connectivity index (χ0) is 24.1. The van der Waals surface area contributed by atoms with E-state index in [1.54, 1.807) is 12.1 Å². The third-order valence-electron chi connectivity index (χ3n) is 6.31. The normalized spacial score (nSPS) is 14.6. The number of primary amides is 1. The second kappa shape index (κ2) is 10.8. The Morgan fingerprint density at radius 2 is 1.79 bits per heavy atom. The number of hydrogen-bond acceptors (Lipinski definition) is 4. The zero-order valence-corrected chi connectivity index (χ0v) is 19.9. The van der Waals surface area contributed by atoms with Crippen LogP contribution in [0.1, 0.15) is 28.8 Å². The molecule has 2 heterocycles. The van der Waals surface area contributed by atoms with Crippen LogP contribution in [0.25, 0.3) is 5.69 Å². The molecule has 0 bridgehead atoms. The van der Waals surface area contributed by atoms with Crippen molar-refractivity contribution in [1.82, 2.24) is 9.47 Å². The molecule has 178 valence electrons. The first-order chi connectivity index (χ1) is 16.4. The van der Waals surface area contributed by atoms with Gasteiger partial charge < -0.3 is 25.3 Å². The second-order valence-corrected chi connectivity index (χ2v) is 8.92. The van der Waals surface area contributed by atoms with E-state index in [0.717, 1.165) is 44.6 Å². The van der Waals surface area contributed by atoms with Gasteiger partial charge in [-0.3, -0.25) is 9.59 Å². The van der Waals surface area contributed by atoms with Gasteiger partial charge in [-0.05, 0) is 68.2 Å². The molecule has 3 N–H and O–H groups in total. The molecule has 1 aromatic heterocycles. The number of likely N-dealkylation sites (tertiary alicyclic amines) is 1. The van der Waals surface area contributed by atoms with Crippen molar-refractivity contribution in [1.29, 1.82) is 0 Å². The number of ether oxygens (including phenoxy) is 1. The molecule has 1 fully saturated rings. The number of aromatic nitrogens is 1. The number of anilines is 1. The number of nitrogens with two attached hydrogens (primary N) is 1. The van der Waals surface area contributed by atoms with Crippen LogP contribution in [-0.2, 0) is 11.2 Å². The van der Waals surface area contributed by atoms with E-state index < -0.39 is 0 Å². The lowest BCUT2D eigenvalue weighted by molar-refractivity contribution is -0.123. The maximum absolute atomic E-state index is 12.9. The van der Waals surface area contributed by atoms with Crippen molar-refractivity contribution < 1.29 is 14.3 Å². The Kier molecular flexibility index (Phi) is 7.55. The van der Waals surface area contributed by atoms with E-state index in [1.165, 1.54) is 12.7 Å². The van der Waals surface area contributed by atoms with Crippen molar-refractivity contribution in [3.05, 3.63) is 77.1 Å². The van der Waals surface area contributed by atoms with Gasteiger partial charge in [0, 0.05) is 36.6 Å². The number of methoxy groups -OCH3 is 1. The Morgan fingerprint density at radius 1 is 1.12 bits per heavy atom. The van der Waals surface area contributed by atoms with Gasteiger partial charge >= 0.3 is 0 Å². The van der Waals surface area contributed by atoms with Crippen LogP contribution < -0.4 is 15.8 Å². The summed E-state index contributed by atoms with van der Waals surface area (Å²) in [6, 6.07) is 15.0. The van der Waals surface area contributed by atoms with Gasteiger partial charge in [-0.15, -0.1) is 0 Å². The fourth-order valence-corrected chi connectivity index (χ4v) is 4.52. The monoisotopic (exact) mass is 480 g/mol. The molecule has 2 aromatic carbocycles. The molecule has 0 aliphatic carbocycles. The fraction of sp³-hybridized carbons (Fsp3) is 0.308. The van der Waals surface area contributed by atoms with Crippen molar-refractivity contribution in [2.24, 2.45) is 11.7 Å². The van der Waals surface area contributed by atoms with Crippen molar-refractivity contribution >= 4 is 29.1 Å². The zero-order valence-electron chi connectivity index (χ0n) is 19.2. The average Bonchev–Trinajstić information content (AvgIpc) is 3.38. The van der Waals surface area contributed by atoms with E-state index in [1.807, 2.05) is 53.4 Å². The van der Waals surface area contributed by atoms with Crippen LogP contribution >= 0.6 is 11.6 Å². The van der Waals surface area contributed by atoms with Gasteiger partial charge in [0.15, 0.2) is 0 Å². The van der Waals surface area contributed by atoms with Crippen molar-refractivity contribution in [3.63, 3.8) is 0 Å². The highest BCUT2D eigenvalue weighted by Crippen LogP contribution is 2.30. The van der Waals surface area contributed by atoms with E-state index in [-0.39, 0.29) is 17.7 Å². The number of piperidine rings is 1. The van der Waals surface area contributed by atoms with Crippen LogP contribution in [0.5, 0.6) is 5.75 Å². The Bertz CT molecular complexity index is 1140. The quantitative estimate of drug-likeness (QED) is 0.507. The Morgan fingerprint density at radius 3 is 2.41 bits per heavy atom. The number of rotatable bonds is 8. The molecule has 1 aliphatic heterocycles. The highest BCUT2D eigenvalue weighted by atomic mass is 35.5. The van der Waals surface area contributed by atoms with Gasteiger partial charge in [0.05, 0.1) is 23.4 Å². The van der Waals surface area contributed by atoms with Crippen LogP contribution in [0.2, 0.25) is 5.02 Å². The lowest BCUT2D eigenvalue weighted by atomic mass is 9.96. The minimum Gasteiger partial charge on any atom is -0.496 e. The van der Waals surface area contributed by atoms with Crippen LogP contribution in [-0.4, -0.2) is 48.0 Å². The molecule has 0 unspecified atom stereocenters. The molecule has 4 rings (SSSR count). The molecule has 0 atom stereocenters. The minimum absolute atomic E-state index is 0.0118. The summed E-state index contributed by atoms with van der Waals surface area (Å²) >= 11 is 6.46. The van der Waals surface area contributed by atoms with Crippen LogP contribution in [0.4, 0.5) is 5.69 Å². The average molecular weight is 481 g/mol. The first kappa shape index (κ1) is 23.9. The largest absolute Gasteiger partial charge is 0.496 e. The van der Waals surface area contributed by atoms with Gasteiger partial charge in [-0.2, -0.15) is 0 Å². The summed E-state index contributed by atoms with van der Waals surface area (Å²) in [7, 11) is 1.53. The molecular formula is C26H29ClN4O3. The summed E-state index contributed by atoms with van der Waals surface area (Å²) in [4.78, 5) is 26.6. The first-order valence-electron chi connectivity index (χ1n) is 11.4. The molecule has 8 heteroatoms. The number of nitrogens with zero attached hydrogens (tertiary/aromatic N) is 2. The van der Waals surface area contributed by atoms with E-state index in [2.05, 4.69) is 10.2 Å². The van der Waals surface area contributed by atoms with Gasteiger partial charge in [0.1, 0.15) is 5.75 Å². The number of carbonyl (C=O) groups is 2. The number of carbonyl (C=O) groups excluding carboxylic acids is 2. The summed E-state index contributed by atoms with van der Waals surface area (Å²) in [6.45, 7) is 2.73. The Labute approximate surface area is 204 Å². The molecular weight excluding hydrogens is 452 g/mol. The molecule has 34 heavy (non-hydrogen) atoms. The predicted octanol–water partition coefficient (Wildman–Crippen LogP) is 4.13. The lowest BCUT2D eigenvalue weighted by Gasteiger charge is -2.30. The number of benzene rings is 2. The molecule has 0 saturated carbocycles.